The van der Waals surface area contributed by atoms with Crippen LogP contribution in [0.4, 0.5) is 5.69 Å². The van der Waals surface area contributed by atoms with Crippen molar-refractivity contribution >= 4 is 35.1 Å². The molecule has 0 atom stereocenters. The van der Waals surface area contributed by atoms with Crippen molar-refractivity contribution in [3.05, 3.63) is 54.1 Å². The van der Waals surface area contributed by atoms with Crippen molar-refractivity contribution < 1.29 is 9.59 Å². The van der Waals surface area contributed by atoms with Crippen LogP contribution < -0.4 is 0 Å². The number of rotatable bonds is 7. The first-order valence-electron chi connectivity index (χ1n) is 13.3. The average molecular weight is 505 g/mol. The summed E-state index contributed by atoms with van der Waals surface area (Å²) in [6, 6.07) is 17.0. The molecule has 5 rings (SSSR count). The molecular formula is C29H36N4O2S. The Bertz CT molecular complexity index is 1150. The Hall–Kier alpha value is -2.64. The predicted octanol–water partition coefficient (Wildman–Crippen LogP) is 5.19. The van der Waals surface area contributed by atoms with Crippen molar-refractivity contribution in [1.82, 2.24) is 14.7 Å². The minimum atomic E-state index is -0.453. The van der Waals surface area contributed by atoms with Crippen molar-refractivity contribution in [2.75, 3.05) is 39.3 Å². The van der Waals surface area contributed by atoms with E-state index in [0.29, 0.717) is 13.0 Å². The minimum absolute atomic E-state index is 0.0153. The van der Waals surface area contributed by atoms with Crippen molar-refractivity contribution in [2.45, 2.75) is 55.7 Å². The second-order valence-corrected chi connectivity index (χ2v) is 11.1. The van der Waals surface area contributed by atoms with Crippen molar-refractivity contribution in [1.29, 1.82) is 0 Å². The van der Waals surface area contributed by atoms with Crippen LogP contribution in [0.3, 0.4) is 0 Å². The topological polar surface area (TPSA) is 56.2 Å². The second-order valence-electron chi connectivity index (χ2n) is 10.1. The zero-order valence-corrected chi connectivity index (χ0v) is 22.2. The van der Waals surface area contributed by atoms with E-state index in [2.05, 4.69) is 58.3 Å². The van der Waals surface area contributed by atoms with E-state index in [1.807, 2.05) is 13.8 Å². The lowest BCUT2D eigenvalue weighted by atomic mass is 9.81. The molecule has 0 aliphatic carbocycles. The Morgan fingerprint density at radius 1 is 0.861 bits per heavy atom. The van der Waals surface area contributed by atoms with Crippen LogP contribution in [0.5, 0.6) is 0 Å². The summed E-state index contributed by atoms with van der Waals surface area (Å²) in [4.78, 5) is 39.3. The monoisotopic (exact) mass is 504 g/mol. The first kappa shape index (κ1) is 25.0. The number of hydrogen-bond donors (Lipinski definition) is 0. The maximum Gasteiger partial charge on any atom is 0.235 e. The van der Waals surface area contributed by atoms with Crippen LogP contribution in [0.2, 0.25) is 0 Å². The number of carbonyl (C=O) groups is 2. The van der Waals surface area contributed by atoms with E-state index in [4.69, 9.17) is 4.99 Å². The Labute approximate surface area is 218 Å². The van der Waals surface area contributed by atoms with Crippen molar-refractivity contribution in [3.8, 4) is 0 Å². The molecule has 0 aromatic heterocycles. The molecule has 3 heterocycles. The maximum atomic E-state index is 12.8. The summed E-state index contributed by atoms with van der Waals surface area (Å²) >= 11 is 1.79. The van der Waals surface area contributed by atoms with Gasteiger partial charge in [0.1, 0.15) is 5.84 Å². The van der Waals surface area contributed by atoms with Gasteiger partial charge in [-0.05, 0) is 50.4 Å². The lowest BCUT2D eigenvalue weighted by Crippen LogP contribution is -2.49. The number of benzene rings is 2. The summed E-state index contributed by atoms with van der Waals surface area (Å²) in [7, 11) is 0. The van der Waals surface area contributed by atoms with E-state index in [9.17, 15) is 9.59 Å². The quantitative estimate of drug-likeness (QED) is 0.384. The first-order valence-corrected chi connectivity index (χ1v) is 14.1. The minimum Gasteiger partial charge on any atom is -0.354 e. The number of fused-ring (bicyclic) bond motifs is 2. The van der Waals surface area contributed by atoms with Crippen molar-refractivity contribution in [2.24, 2.45) is 10.4 Å². The normalized spacial score (nSPS) is 19.7. The molecule has 0 spiro atoms. The number of amides is 2. The molecule has 3 aliphatic heterocycles. The molecule has 7 heteroatoms. The van der Waals surface area contributed by atoms with Crippen molar-refractivity contribution in [3.63, 3.8) is 0 Å². The number of aliphatic imine (C=N–C) groups is 1. The van der Waals surface area contributed by atoms with Crippen LogP contribution >= 0.6 is 11.8 Å². The smallest absolute Gasteiger partial charge is 0.235 e. The number of hydrogen-bond acceptors (Lipinski definition) is 6. The molecule has 190 valence electrons. The van der Waals surface area contributed by atoms with Crippen LogP contribution in [-0.2, 0) is 9.59 Å². The molecule has 0 radical (unpaired) electrons. The van der Waals surface area contributed by atoms with E-state index in [1.54, 1.807) is 11.8 Å². The molecule has 0 bridgehead atoms. The average Bonchev–Trinajstić information content (AvgIpc) is 3.05. The number of imide groups is 1. The van der Waals surface area contributed by atoms with Gasteiger partial charge in [-0.2, -0.15) is 0 Å². The highest BCUT2D eigenvalue weighted by atomic mass is 32.2. The molecule has 2 amide bonds. The highest BCUT2D eigenvalue weighted by molar-refractivity contribution is 7.99. The van der Waals surface area contributed by atoms with Gasteiger partial charge in [-0.3, -0.25) is 19.4 Å². The number of amidine groups is 1. The molecule has 2 saturated heterocycles. The summed E-state index contributed by atoms with van der Waals surface area (Å²) in [5, 5.41) is 0. The molecule has 2 fully saturated rings. The summed E-state index contributed by atoms with van der Waals surface area (Å²) in [6.07, 6.45) is 3.74. The van der Waals surface area contributed by atoms with E-state index in [-0.39, 0.29) is 11.8 Å². The highest BCUT2D eigenvalue weighted by Crippen LogP contribution is 2.41. The molecule has 0 saturated carbocycles. The number of para-hydroxylation sites is 1. The fourth-order valence-electron chi connectivity index (χ4n) is 5.59. The molecule has 0 unspecified atom stereocenters. The van der Waals surface area contributed by atoms with Gasteiger partial charge in [0, 0.05) is 54.5 Å². The Morgan fingerprint density at radius 2 is 1.53 bits per heavy atom. The van der Waals surface area contributed by atoms with E-state index < -0.39 is 5.41 Å². The fourth-order valence-corrected chi connectivity index (χ4v) is 6.61. The SMILES string of the molecule is CCC1(CC)CC(=O)N(CCCCN2CCN(C3=Nc4ccccc4Sc4ccccc43)CC2)C1=O. The zero-order chi connectivity index (χ0) is 25.1. The fraction of sp³-hybridized carbons (Fsp3) is 0.483. The Kier molecular flexibility index (Phi) is 7.49. The van der Waals surface area contributed by atoms with Gasteiger partial charge in [-0.15, -0.1) is 0 Å². The summed E-state index contributed by atoms with van der Waals surface area (Å²) in [5.74, 6) is 1.14. The standard InChI is InChI=1S/C29H36N4O2S/c1-3-29(4-2)21-26(34)33(28(29)35)16-10-9-15-31-17-19-32(20-18-31)27-22-11-5-7-13-24(22)36-25-14-8-6-12-23(25)30-27/h5-8,11-14H,3-4,9-10,15-21H2,1-2H3. The Balaban J connectivity index is 1.15. The third kappa shape index (κ3) is 4.83. The van der Waals surface area contributed by atoms with E-state index in [1.165, 1.54) is 20.3 Å². The van der Waals surface area contributed by atoms with E-state index in [0.717, 1.165) is 69.9 Å². The van der Waals surface area contributed by atoms with Gasteiger partial charge < -0.3 is 4.90 Å². The highest BCUT2D eigenvalue weighted by Gasteiger charge is 2.48. The van der Waals surface area contributed by atoms with Gasteiger partial charge in [0.05, 0.1) is 11.1 Å². The summed E-state index contributed by atoms with van der Waals surface area (Å²) < 4.78 is 0. The number of carbonyl (C=O) groups excluding carboxylic acids is 2. The van der Waals surface area contributed by atoms with Crippen LogP contribution in [0, 0.1) is 5.41 Å². The largest absolute Gasteiger partial charge is 0.354 e. The first-order chi connectivity index (χ1) is 17.5. The number of unbranched alkanes of at least 4 members (excludes halogenated alkanes) is 1. The molecule has 36 heavy (non-hydrogen) atoms. The summed E-state index contributed by atoms with van der Waals surface area (Å²) in [5.41, 5.74) is 1.80. The summed E-state index contributed by atoms with van der Waals surface area (Å²) in [6.45, 7) is 9.47. The molecule has 3 aliphatic rings. The number of piperazine rings is 1. The van der Waals surface area contributed by atoms with Gasteiger partial charge in [-0.1, -0.05) is 55.9 Å². The molecule has 0 N–H and O–H groups in total. The van der Waals surface area contributed by atoms with Gasteiger partial charge in [0.15, 0.2) is 0 Å². The number of nitrogens with zero attached hydrogens (tertiary/aromatic N) is 4. The predicted molar refractivity (Wildman–Crippen MR) is 145 cm³/mol. The second kappa shape index (κ2) is 10.8. The van der Waals surface area contributed by atoms with E-state index >= 15 is 0 Å². The lowest BCUT2D eigenvalue weighted by molar-refractivity contribution is -0.141. The van der Waals surface area contributed by atoms with Crippen LogP contribution in [0.1, 0.15) is 51.5 Å². The van der Waals surface area contributed by atoms with Gasteiger partial charge in [0.25, 0.3) is 0 Å². The number of likely N-dealkylation sites (tertiary alicyclic amines) is 1. The third-order valence-corrected chi connectivity index (χ3v) is 9.20. The zero-order valence-electron chi connectivity index (χ0n) is 21.4. The maximum absolute atomic E-state index is 12.8. The lowest BCUT2D eigenvalue weighted by Gasteiger charge is -2.36. The third-order valence-electron chi connectivity index (χ3n) is 8.06. The van der Waals surface area contributed by atoms with Gasteiger partial charge in [0.2, 0.25) is 11.8 Å². The van der Waals surface area contributed by atoms with Crippen LogP contribution in [-0.4, -0.2) is 71.6 Å². The molecule has 2 aromatic rings. The van der Waals surface area contributed by atoms with Gasteiger partial charge >= 0.3 is 0 Å². The van der Waals surface area contributed by atoms with Crippen LogP contribution in [0.25, 0.3) is 0 Å². The molecular weight excluding hydrogens is 468 g/mol. The molecule has 6 nitrogen and oxygen atoms in total. The van der Waals surface area contributed by atoms with Crippen LogP contribution in [0.15, 0.2) is 63.3 Å². The van der Waals surface area contributed by atoms with Gasteiger partial charge in [-0.25, -0.2) is 4.99 Å². The Morgan fingerprint density at radius 3 is 2.25 bits per heavy atom. The molecule has 2 aromatic carbocycles.